The summed E-state index contributed by atoms with van der Waals surface area (Å²) in [6.45, 7) is 4.00. The third kappa shape index (κ3) is 3.86. The number of hydrogen-bond acceptors (Lipinski definition) is 3. The largest absolute Gasteiger partial charge is 0.353 e. The van der Waals surface area contributed by atoms with Gasteiger partial charge in [0.25, 0.3) is 5.91 Å². The molecule has 0 spiro atoms. The molecule has 132 valence electrons. The molecule has 0 atom stereocenters. The van der Waals surface area contributed by atoms with Gasteiger partial charge in [-0.25, -0.2) is 0 Å². The number of carbonyl (C=O) groups is 1. The number of nitrogens with zero attached hydrogens (tertiary/aromatic N) is 2. The van der Waals surface area contributed by atoms with E-state index in [0.29, 0.717) is 16.3 Å². The van der Waals surface area contributed by atoms with Gasteiger partial charge >= 0.3 is 0 Å². The van der Waals surface area contributed by atoms with Crippen LogP contribution in [0.3, 0.4) is 0 Å². The Hall–Kier alpha value is -2.85. The fraction of sp³-hybridized carbons (Fsp3) is 0.143. The Labute approximate surface area is 158 Å². The Morgan fingerprint density at radius 3 is 2.50 bits per heavy atom. The first-order valence-electron chi connectivity index (χ1n) is 8.27. The van der Waals surface area contributed by atoms with Gasteiger partial charge in [0.1, 0.15) is 0 Å². The van der Waals surface area contributed by atoms with Gasteiger partial charge in [0.05, 0.1) is 28.2 Å². The summed E-state index contributed by atoms with van der Waals surface area (Å²) in [5, 5.41) is 3.92. The summed E-state index contributed by atoms with van der Waals surface area (Å²) in [6, 6.07) is 15.2. The van der Waals surface area contributed by atoms with Crippen molar-refractivity contribution in [1.29, 1.82) is 0 Å². The van der Waals surface area contributed by atoms with E-state index in [1.807, 2.05) is 50.2 Å². The zero-order chi connectivity index (χ0) is 18.7. The second kappa shape index (κ2) is 7.58. The van der Waals surface area contributed by atoms with E-state index in [9.17, 15) is 4.79 Å². The predicted molar refractivity (Wildman–Crippen MR) is 108 cm³/mol. The fourth-order valence-corrected chi connectivity index (χ4v) is 3.17. The molecule has 1 amide bonds. The minimum absolute atomic E-state index is 0.126. The molecule has 4 nitrogen and oxygen atoms in total. The topological polar surface area (TPSA) is 45.2 Å². The van der Waals surface area contributed by atoms with E-state index in [0.717, 1.165) is 22.5 Å². The maximum absolute atomic E-state index is 12.8. The molecule has 0 aliphatic heterocycles. The van der Waals surface area contributed by atoms with E-state index in [1.165, 1.54) is 0 Å². The smallest absolute Gasteiger partial charge is 0.259 e. The van der Waals surface area contributed by atoms with E-state index in [-0.39, 0.29) is 5.91 Å². The van der Waals surface area contributed by atoms with Crippen LogP contribution in [0.5, 0.6) is 0 Å². The Morgan fingerprint density at radius 2 is 1.81 bits per heavy atom. The molecule has 1 aromatic heterocycles. The summed E-state index contributed by atoms with van der Waals surface area (Å²) < 4.78 is 0. The molecule has 3 aromatic rings. The molecule has 0 radical (unpaired) electrons. The van der Waals surface area contributed by atoms with Crippen LogP contribution in [0.25, 0.3) is 0 Å². The van der Waals surface area contributed by atoms with Gasteiger partial charge in [0, 0.05) is 18.9 Å². The number of hydrogen-bond donors (Lipinski definition) is 1. The molecular weight excluding hydrogens is 346 g/mol. The normalized spacial score (nSPS) is 10.5. The molecule has 0 aliphatic carbocycles. The molecule has 0 saturated carbocycles. The van der Waals surface area contributed by atoms with Gasteiger partial charge in [-0.05, 0) is 49.2 Å². The first kappa shape index (κ1) is 18.0. The standard InChI is InChI=1S/C21H20ClN3O/c1-14-9-15(2)20(19(22)10-14)24-17-11-16(12-23-13-17)21(26)25(3)18-7-5-4-6-8-18/h4-13,24H,1-3H3. The van der Waals surface area contributed by atoms with Crippen molar-refractivity contribution in [2.24, 2.45) is 0 Å². The molecule has 0 fully saturated rings. The third-order valence-electron chi connectivity index (χ3n) is 4.13. The fourth-order valence-electron chi connectivity index (χ4n) is 2.81. The molecule has 1 heterocycles. The lowest BCUT2D eigenvalue weighted by molar-refractivity contribution is 0.0992. The van der Waals surface area contributed by atoms with Crippen molar-refractivity contribution in [1.82, 2.24) is 4.98 Å². The molecule has 5 heteroatoms. The number of rotatable bonds is 4. The highest BCUT2D eigenvalue weighted by Crippen LogP contribution is 2.30. The van der Waals surface area contributed by atoms with Gasteiger partial charge in [-0.3, -0.25) is 9.78 Å². The Balaban J connectivity index is 1.86. The third-order valence-corrected chi connectivity index (χ3v) is 4.43. The van der Waals surface area contributed by atoms with Crippen molar-refractivity contribution in [3.05, 3.63) is 82.6 Å². The summed E-state index contributed by atoms with van der Waals surface area (Å²) in [7, 11) is 1.75. The Morgan fingerprint density at radius 1 is 1.08 bits per heavy atom. The number of aryl methyl sites for hydroxylation is 2. The monoisotopic (exact) mass is 365 g/mol. The van der Waals surface area contributed by atoms with Crippen molar-refractivity contribution in [2.45, 2.75) is 13.8 Å². The van der Waals surface area contributed by atoms with Gasteiger partial charge in [-0.2, -0.15) is 0 Å². The zero-order valence-electron chi connectivity index (χ0n) is 15.0. The van der Waals surface area contributed by atoms with Crippen LogP contribution < -0.4 is 10.2 Å². The van der Waals surface area contributed by atoms with Gasteiger partial charge in [0.2, 0.25) is 0 Å². The van der Waals surface area contributed by atoms with Crippen LogP contribution in [-0.4, -0.2) is 17.9 Å². The van der Waals surface area contributed by atoms with E-state index < -0.39 is 0 Å². The maximum atomic E-state index is 12.8. The number of nitrogens with one attached hydrogen (secondary N) is 1. The lowest BCUT2D eigenvalue weighted by Gasteiger charge is -2.18. The maximum Gasteiger partial charge on any atom is 0.259 e. The summed E-state index contributed by atoms with van der Waals surface area (Å²) in [5.41, 5.74) is 5.00. The van der Waals surface area contributed by atoms with Gasteiger partial charge in [-0.1, -0.05) is 35.9 Å². The number of para-hydroxylation sites is 1. The van der Waals surface area contributed by atoms with Crippen LogP contribution >= 0.6 is 11.6 Å². The summed E-state index contributed by atoms with van der Waals surface area (Å²) >= 11 is 6.36. The first-order valence-corrected chi connectivity index (χ1v) is 8.65. The highest BCUT2D eigenvalue weighted by molar-refractivity contribution is 6.33. The summed E-state index contributed by atoms with van der Waals surface area (Å²) in [6.07, 6.45) is 3.24. The minimum Gasteiger partial charge on any atom is -0.353 e. The van der Waals surface area contributed by atoms with Crippen molar-refractivity contribution in [3.63, 3.8) is 0 Å². The number of amides is 1. The second-order valence-corrected chi connectivity index (χ2v) is 6.63. The second-order valence-electron chi connectivity index (χ2n) is 6.23. The van der Waals surface area contributed by atoms with Crippen molar-refractivity contribution in [3.8, 4) is 0 Å². The van der Waals surface area contributed by atoms with E-state index in [1.54, 1.807) is 30.4 Å². The van der Waals surface area contributed by atoms with Crippen molar-refractivity contribution < 1.29 is 4.79 Å². The van der Waals surface area contributed by atoms with Gasteiger partial charge < -0.3 is 10.2 Å². The zero-order valence-corrected chi connectivity index (χ0v) is 15.7. The number of carbonyl (C=O) groups excluding carboxylic acids is 1. The molecule has 3 rings (SSSR count). The number of pyridine rings is 1. The lowest BCUT2D eigenvalue weighted by atomic mass is 10.1. The average molecular weight is 366 g/mol. The Bertz CT molecular complexity index is 918. The van der Waals surface area contributed by atoms with Gasteiger partial charge in [0.15, 0.2) is 0 Å². The molecule has 1 N–H and O–H groups in total. The Kier molecular flexibility index (Phi) is 5.24. The summed E-state index contributed by atoms with van der Waals surface area (Å²) in [5.74, 6) is -0.126. The number of benzene rings is 2. The molecule has 0 aliphatic rings. The van der Waals surface area contributed by atoms with Crippen LogP contribution in [0, 0.1) is 13.8 Å². The lowest BCUT2D eigenvalue weighted by Crippen LogP contribution is -2.26. The predicted octanol–water partition coefficient (Wildman–Crippen LogP) is 5.37. The van der Waals surface area contributed by atoms with Gasteiger partial charge in [-0.15, -0.1) is 0 Å². The molecule has 26 heavy (non-hydrogen) atoms. The van der Waals surface area contributed by atoms with Crippen LogP contribution in [0.4, 0.5) is 17.1 Å². The number of halogens is 1. The highest BCUT2D eigenvalue weighted by atomic mass is 35.5. The van der Waals surface area contributed by atoms with E-state index >= 15 is 0 Å². The van der Waals surface area contributed by atoms with Crippen LogP contribution in [0.15, 0.2) is 60.9 Å². The molecular formula is C21H20ClN3O. The first-order chi connectivity index (χ1) is 12.5. The van der Waals surface area contributed by atoms with Crippen molar-refractivity contribution in [2.75, 3.05) is 17.3 Å². The van der Waals surface area contributed by atoms with Crippen LogP contribution in [0.2, 0.25) is 5.02 Å². The van der Waals surface area contributed by atoms with Crippen LogP contribution in [-0.2, 0) is 0 Å². The van der Waals surface area contributed by atoms with E-state index in [4.69, 9.17) is 11.6 Å². The molecule has 0 unspecified atom stereocenters. The minimum atomic E-state index is -0.126. The molecule has 0 bridgehead atoms. The summed E-state index contributed by atoms with van der Waals surface area (Å²) in [4.78, 5) is 18.6. The highest BCUT2D eigenvalue weighted by Gasteiger charge is 2.15. The average Bonchev–Trinajstić information content (AvgIpc) is 2.64. The number of aromatic nitrogens is 1. The van der Waals surface area contributed by atoms with Crippen LogP contribution in [0.1, 0.15) is 21.5 Å². The SMILES string of the molecule is Cc1cc(C)c(Nc2cncc(C(=O)N(C)c3ccccc3)c2)c(Cl)c1. The quantitative estimate of drug-likeness (QED) is 0.675. The van der Waals surface area contributed by atoms with Crippen molar-refractivity contribution >= 4 is 34.6 Å². The molecule has 2 aromatic carbocycles. The number of anilines is 3. The van der Waals surface area contributed by atoms with E-state index in [2.05, 4.69) is 16.4 Å². The molecule has 0 saturated heterocycles.